The van der Waals surface area contributed by atoms with E-state index in [0.717, 1.165) is 11.4 Å². The molecule has 2 aromatic rings. The van der Waals surface area contributed by atoms with Gasteiger partial charge in [-0.1, -0.05) is 0 Å². The van der Waals surface area contributed by atoms with Crippen LogP contribution in [0.5, 0.6) is 0 Å². The Hall–Kier alpha value is -2.19. The van der Waals surface area contributed by atoms with Gasteiger partial charge in [-0.2, -0.15) is 5.26 Å². The molecule has 0 saturated heterocycles. The predicted octanol–water partition coefficient (Wildman–Crippen LogP) is 1.46. The second kappa shape index (κ2) is 5.23. The third-order valence-corrected chi connectivity index (χ3v) is 2.42. The third kappa shape index (κ3) is 2.49. The van der Waals surface area contributed by atoms with Crippen LogP contribution in [0.1, 0.15) is 5.56 Å². The quantitative estimate of drug-likeness (QED) is 0.794. The van der Waals surface area contributed by atoms with E-state index in [1.807, 2.05) is 16.7 Å². The largest absolute Gasteiger partial charge is 0.383 e. The maximum absolute atomic E-state index is 8.73. The number of ether oxygens (including phenoxy) is 1. The maximum atomic E-state index is 8.73. The zero-order chi connectivity index (χ0) is 12.1. The molecule has 1 aromatic carbocycles. The summed E-state index contributed by atoms with van der Waals surface area (Å²) in [6, 6.07) is 9.36. The summed E-state index contributed by atoms with van der Waals surface area (Å²) in [4.78, 5) is 0. The topological polar surface area (TPSA) is 63.7 Å². The molecule has 2 rings (SSSR count). The van der Waals surface area contributed by atoms with E-state index < -0.39 is 0 Å². The van der Waals surface area contributed by atoms with Crippen LogP contribution in [0.4, 0.5) is 0 Å². The van der Waals surface area contributed by atoms with E-state index in [9.17, 15) is 0 Å². The molecule has 1 heterocycles. The maximum Gasteiger partial charge on any atom is 0.163 e. The Labute approximate surface area is 99.3 Å². The van der Waals surface area contributed by atoms with Crippen molar-refractivity contribution in [3.05, 3.63) is 36.2 Å². The fourth-order valence-electron chi connectivity index (χ4n) is 1.53. The number of nitriles is 1. The summed E-state index contributed by atoms with van der Waals surface area (Å²) < 4.78 is 6.94. The minimum Gasteiger partial charge on any atom is -0.383 e. The van der Waals surface area contributed by atoms with Crippen LogP contribution in [0.3, 0.4) is 0 Å². The van der Waals surface area contributed by atoms with E-state index in [1.165, 1.54) is 0 Å². The number of hydrogen-bond donors (Lipinski definition) is 0. The first kappa shape index (κ1) is 11.3. The van der Waals surface area contributed by atoms with Crippen molar-refractivity contribution in [1.82, 2.24) is 14.8 Å². The van der Waals surface area contributed by atoms with Crippen molar-refractivity contribution in [2.45, 2.75) is 6.54 Å². The molecule has 0 aliphatic rings. The van der Waals surface area contributed by atoms with E-state index in [4.69, 9.17) is 10.00 Å². The van der Waals surface area contributed by atoms with Gasteiger partial charge in [0.05, 0.1) is 18.2 Å². The highest BCUT2D eigenvalue weighted by atomic mass is 16.5. The van der Waals surface area contributed by atoms with E-state index in [1.54, 1.807) is 25.6 Å². The van der Waals surface area contributed by atoms with Crippen molar-refractivity contribution in [2.24, 2.45) is 0 Å². The van der Waals surface area contributed by atoms with Gasteiger partial charge < -0.3 is 9.30 Å². The van der Waals surface area contributed by atoms with Crippen molar-refractivity contribution < 1.29 is 4.74 Å². The molecule has 0 aliphatic carbocycles. The molecule has 0 spiro atoms. The Morgan fingerprint density at radius 3 is 2.76 bits per heavy atom. The fraction of sp³-hybridized carbons (Fsp3) is 0.250. The SMILES string of the molecule is COCCn1cnnc1-c1ccc(C#N)cc1. The van der Waals surface area contributed by atoms with Gasteiger partial charge in [0.2, 0.25) is 0 Å². The van der Waals surface area contributed by atoms with Crippen molar-refractivity contribution in [3.8, 4) is 17.5 Å². The van der Waals surface area contributed by atoms with Gasteiger partial charge in [0.15, 0.2) is 5.82 Å². The molecule has 0 amide bonds. The van der Waals surface area contributed by atoms with Crippen LogP contribution >= 0.6 is 0 Å². The second-order valence-corrected chi connectivity index (χ2v) is 3.53. The first-order valence-corrected chi connectivity index (χ1v) is 5.22. The monoisotopic (exact) mass is 228 g/mol. The number of aromatic nitrogens is 3. The summed E-state index contributed by atoms with van der Waals surface area (Å²) in [7, 11) is 1.66. The van der Waals surface area contributed by atoms with Crippen LogP contribution < -0.4 is 0 Å². The number of methoxy groups -OCH3 is 1. The Bertz CT molecular complexity index is 524. The summed E-state index contributed by atoms with van der Waals surface area (Å²) >= 11 is 0. The number of hydrogen-bond acceptors (Lipinski definition) is 4. The lowest BCUT2D eigenvalue weighted by atomic mass is 10.1. The molecule has 5 nitrogen and oxygen atoms in total. The molecule has 86 valence electrons. The van der Waals surface area contributed by atoms with Crippen LogP contribution in [0.15, 0.2) is 30.6 Å². The number of nitrogens with zero attached hydrogens (tertiary/aromatic N) is 4. The molecule has 0 aliphatic heterocycles. The Balaban J connectivity index is 2.26. The third-order valence-electron chi connectivity index (χ3n) is 2.42. The van der Waals surface area contributed by atoms with Crippen molar-refractivity contribution in [1.29, 1.82) is 5.26 Å². The summed E-state index contributed by atoms with van der Waals surface area (Å²) in [5.74, 6) is 0.784. The Kier molecular flexibility index (Phi) is 3.48. The van der Waals surface area contributed by atoms with Crippen LogP contribution in [0, 0.1) is 11.3 Å². The van der Waals surface area contributed by atoms with E-state index in [2.05, 4.69) is 16.3 Å². The summed E-state index contributed by atoms with van der Waals surface area (Å²) in [5.41, 5.74) is 1.58. The first-order chi connectivity index (χ1) is 8.35. The minimum atomic E-state index is 0.612. The Morgan fingerprint density at radius 1 is 1.35 bits per heavy atom. The number of rotatable bonds is 4. The lowest BCUT2D eigenvalue weighted by molar-refractivity contribution is 0.187. The summed E-state index contributed by atoms with van der Waals surface area (Å²) in [6.45, 7) is 1.32. The van der Waals surface area contributed by atoms with Crippen LogP contribution in [0.2, 0.25) is 0 Å². The molecule has 17 heavy (non-hydrogen) atoms. The minimum absolute atomic E-state index is 0.612. The van der Waals surface area contributed by atoms with Crippen molar-refractivity contribution >= 4 is 0 Å². The lowest BCUT2D eigenvalue weighted by Gasteiger charge is -2.05. The van der Waals surface area contributed by atoms with E-state index in [-0.39, 0.29) is 0 Å². The zero-order valence-corrected chi connectivity index (χ0v) is 9.50. The molecule has 0 saturated carbocycles. The van der Waals surface area contributed by atoms with Crippen LogP contribution in [-0.4, -0.2) is 28.5 Å². The second-order valence-electron chi connectivity index (χ2n) is 3.53. The highest BCUT2D eigenvalue weighted by Crippen LogP contribution is 2.16. The molecule has 0 atom stereocenters. The lowest BCUT2D eigenvalue weighted by Crippen LogP contribution is -2.04. The molecule has 0 unspecified atom stereocenters. The predicted molar refractivity (Wildman–Crippen MR) is 62.0 cm³/mol. The van der Waals surface area contributed by atoms with Gasteiger partial charge in [-0.05, 0) is 24.3 Å². The van der Waals surface area contributed by atoms with Gasteiger partial charge in [-0.15, -0.1) is 10.2 Å². The molecule has 5 heteroatoms. The van der Waals surface area contributed by atoms with Gasteiger partial charge in [0.25, 0.3) is 0 Å². The first-order valence-electron chi connectivity index (χ1n) is 5.22. The van der Waals surface area contributed by atoms with E-state index >= 15 is 0 Å². The molecular formula is C12H12N4O. The van der Waals surface area contributed by atoms with Gasteiger partial charge in [-0.25, -0.2) is 0 Å². The smallest absolute Gasteiger partial charge is 0.163 e. The fourth-order valence-corrected chi connectivity index (χ4v) is 1.53. The standard InChI is InChI=1S/C12H12N4O/c1-17-7-6-16-9-14-15-12(16)11-4-2-10(8-13)3-5-11/h2-5,9H,6-7H2,1H3. The normalized spacial score (nSPS) is 10.1. The van der Waals surface area contributed by atoms with Gasteiger partial charge in [0, 0.05) is 19.2 Å². The molecule has 0 bridgehead atoms. The van der Waals surface area contributed by atoms with Crippen LogP contribution in [-0.2, 0) is 11.3 Å². The average molecular weight is 228 g/mol. The van der Waals surface area contributed by atoms with Crippen molar-refractivity contribution in [2.75, 3.05) is 13.7 Å². The summed E-state index contributed by atoms with van der Waals surface area (Å²) in [6.07, 6.45) is 1.67. The van der Waals surface area contributed by atoms with E-state index in [0.29, 0.717) is 18.7 Å². The Morgan fingerprint density at radius 2 is 2.12 bits per heavy atom. The number of benzene rings is 1. The molecular weight excluding hydrogens is 216 g/mol. The van der Waals surface area contributed by atoms with Crippen molar-refractivity contribution in [3.63, 3.8) is 0 Å². The highest BCUT2D eigenvalue weighted by Gasteiger charge is 2.06. The molecule has 0 fully saturated rings. The van der Waals surface area contributed by atoms with Gasteiger partial charge >= 0.3 is 0 Å². The molecule has 1 aromatic heterocycles. The van der Waals surface area contributed by atoms with Crippen LogP contribution in [0.25, 0.3) is 11.4 Å². The van der Waals surface area contributed by atoms with Gasteiger partial charge in [0.1, 0.15) is 6.33 Å². The molecule has 0 radical (unpaired) electrons. The average Bonchev–Trinajstić information content (AvgIpc) is 2.84. The zero-order valence-electron chi connectivity index (χ0n) is 9.50. The highest BCUT2D eigenvalue weighted by molar-refractivity contribution is 5.56. The molecule has 0 N–H and O–H groups in total. The van der Waals surface area contributed by atoms with Gasteiger partial charge in [-0.3, -0.25) is 0 Å². The summed E-state index contributed by atoms with van der Waals surface area (Å²) in [5, 5.41) is 16.7.